The van der Waals surface area contributed by atoms with E-state index in [-0.39, 0.29) is 23.7 Å². The van der Waals surface area contributed by atoms with Gasteiger partial charge in [-0.2, -0.15) is 4.39 Å². The monoisotopic (exact) mass is 446 g/mol. The third-order valence-corrected chi connectivity index (χ3v) is 5.65. The van der Waals surface area contributed by atoms with E-state index in [1.54, 1.807) is 37.3 Å². The first-order valence-corrected chi connectivity index (χ1v) is 11.1. The largest absolute Gasteiger partial charge is 0.491 e. The van der Waals surface area contributed by atoms with E-state index in [2.05, 4.69) is 19.1 Å². The molecule has 0 fully saturated rings. The molecule has 4 heteroatoms. The van der Waals surface area contributed by atoms with Gasteiger partial charge < -0.3 is 4.74 Å². The van der Waals surface area contributed by atoms with Gasteiger partial charge >= 0.3 is 0 Å². The van der Waals surface area contributed by atoms with Crippen molar-refractivity contribution in [3.05, 3.63) is 102 Å². The number of hydrogen-bond donors (Lipinski definition) is 0. The molecule has 1 nitrogen and oxygen atoms in total. The summed E-state index contributed by atoms with van der Waals surface area (Å²) in [4.78, 5) is 0. The summed E-state index contributed by atoms with van der Waals surface area (Å²) >= 11 is 0. The van der Waals surface area contributed by atoms with Crippen LogP contribution in [0.1, 0.15) is 25.8 Å². The Morgan fingerprint density at radius 2 is 1.18 bits per heavy atom. The number of ether oxygens (including phenoxy) is 1. The molecule has 0 amide bonds. The second-order valence-corrected chi connectivity index (χ2v) is 7.89. The zero-order chi connectivity index (χ0) is 23.4. The fourth-order valence-electron chi connectivity index (χ4n) is 3.93. The molecule has 4 aromatic carbocycles. The third kappa shape index (κ3) is 4.80. The van der Waals surface area contributed by atoms with Gasteiger partial charge in [-0.05, 0) is 59.4 Å². The van der Waals surface area contributed by atoms with E-state index in [1.807, 2.05) is 18.2 Å². The Kier molecular flexibility index (Phi) is 6.83. The van der Waals surface area contributed by atoms with E-state index in [1.165, 1.54) is 23.8 Å². The van der Waals surface area contributed by atoms with Crippen molar-refractivity contribution in [1.82, 2.24) is 0 Å². The van der Waals surface area contributed by atoms with E-state index in [4.69, 9.17) is 4.74 Å². The number of aryl methyl sites for hydroxylation is 1. The summed E-state index contributed by atoms with van der Waals surface area (Å²) in [5.74, 6) is -2.43. The summed E-state index contributed by atoms with van der Waals surface area (Å²) < 4.78 is 48.8. The molecule has 4 aromatic rings. The van der Waals surface area contributed by atoms with Crippen molar-refractivity contribution in [1.29, 1.82) is 0 Å². The van der Waals surface area contributed by atoms with E-state index in [0.717, 1.165) is 24.0 Å². The smallest absolute Gasteiger partial charge is 0.201 e. The summed E-state index contributed by atoms with van der Waals surface area (Å²) in [5, 5.41) is 0. The second-order valence-electron chi connectivity index (χ2n) is 7.89. The molecule has 168 valence electrons. The Hall–Kier alpha value is -3.53. The molecular weight excluding hydrogens is 421 g/mol. The normalized spacial score (nSPS) is 10.9. The zero-order valence-corrected chi connectivity index (χ0v) is 18.7. The number of halogens is 3. The van der Waals surface area contributed by atoms with Crippen molar-refractivity contribution < 1.29 is 17.9 Å². The molecule has 0 heterocycles. The highest BCUT2D eigenvalue weighted by Gasteiger charge is 2.16. The molecular formula is C29H25F3O. The van der Waals surface area contributed by atoms with Gasteiger partial charge in [0.2, 0.25) is 5.82 Å². The molecule has 0 saturated heterocycles. The first-order valence-electron chi connectivity index (χ1n) is 11.1. The van der Waals surface area contributed by atoms with E-state index in [9.17, 15) is 13.2 Å². The molecule has 0 atom stereocenters. The lowest BCUT2D eigenvalue weighted by Crippen LogP contribution is -1.98. The maximum absolute atomic E-state index is 15.0. The van der Waals surface area contributed by atoms with Gasteiger partial charge in [-0.1, -0.05) is 74.0 Å². The highest BCUT2D eigenvalue weighted by atomic mass is 19.2. The average molecular weight is 447 g/mol. The Labute approximate surface area is 192 Å². The number of benzene rings is 4. The van der Waals surface area contributed by atoms with Crippen LogP contribution in [0.4, 0.5) is 13.2 Å². The average Bonchev–Trinajstić information content (AvgIpc) is 2.83. The minimum absolute atomic E-state index is 0.113. The molecule has 4 rings (SSSR count). The topological polar surface area (TPSA) is 9.23 Å². The highest BCUT2D eigenvalue weighted by Crippen LogP contribution is 2.33. The van der Waals surface area contributed by atoms with Gasteiger partial charge in [0.15, 0.2) is 11.6 Å². The standard InChI is InChI=1S/C29H25F3O/c1-3-5-19-6-8-20(9-7-19)23-14-15-24(26(30)18-23)21-10-12-22(13-11-21)25-16-17-27(33-4-2)29(32)28(25)31/h6-18H,3-5H2,1-2H3. The predicted octanol–water partition coefficient (Wildman–Crippen LogP) is 8.46. The van der Waals surface area contributed by atoms with Crippen LogP contribution in [0.5, 0.6) is 5.75 Å². The van der Waals surface area contributed by atoms with Gasteiger partial charge in [-0.3, -0.25) is 0 Å². The van der Waals surface area contributed by atoms with Crippen LogP contribution in [-0.4, -0.2) is 6.61 Å². The molecule has 0 bridgehead atoms. The lowest BCUT2D eigenvalue weighted by molar-refractivity contribution is 0.314. The van der Waals surface area contributed by atoms with Gasteiger partial charge in [0, 0.05) is 11.1 Å². The maximum atomic E-state index is 15.0. The van der Waals surface area contributed by atoms with Crippen molar-refractivity contribution in [2.24, 2.45) is 0 Å². The van der Waals surface area contributed by atoms with Crippen LogP contribution >= 0.6 is 0 Å². The molecule has 0 spiro atoms. The number of rotatable bonds is 7. The van der Waals surface area contributed by atoms with Gasteiger partial charge in [0.1, 0.15) is 5.82 Å². The van der Waals surface area contributed by atoms with Crippen molar-refractivity contribution in [3.63, 3.8) is 0 Å². The van der Waals surface area contributed by atoms with Gasteiger partial charge in [-0.15, -0.1) is 0 Å². The quantitative estimate of drug-likeness (QED) is 0.277. The molecule has 0 aliphatic rings. The molecule has 0 aliphatic heterocycles. The molecule has 0 unspecified atom stereocenters. The van der Waals surface area contributed by atoms with Gasteiger partial charge in [0.25, 0.3) is 0 Å². The first kappa shape index (κ1) is 22.7. The van der Waals surface area contributed by atoms with Crippen LogP contribution in [0.2, 0.25) is 0 Å². The summed E-state index contributed by atoms with van der Waals surface area (Å²) in [6, 6.07) is 23.0. The lowest BCUT2D eigenvalue weighted by Gasteiger charge is -2.11. The molecule has 0 N–H and O–H groups in total. The Balaban J connectivity index is 1.59. The van der Waals surface area contributed by atoms with Crippen LogP contribution in [0.3, 0.4) is 0 Å². The summed E-state index contributed by atoms with van der Waals surface area (Å²) in [5.41, 5.74) is 4.78. The summed E-state index contributed by atoms with van der Waals surface area (Å²) in [6.45, 7) is 4.10. The predicted molar refractivity (Wildman–Crippen MR) is 128 cm³/mol. The third-order valence-electron chi connectivity index (χ3n) is 5.65. The minimum atomic E-state index is -1.01. The summed E-state index contributed by atoms with van der Waals surface area (Å²) in [6.07, 6.45) is 2.11. The van der Waals surface area contributed by atoms with E-state index in [0.29, 0.717) is 16.7 Å². The molecule has 0 aromatic heterocycles. The Morgan fingerprint density at radius 3 is 1.79 bits per heavy atom. The fraction of sp³-hybridized carbons (Fsp3) is 0.172. The van der Waals surface area contributed by atoms with Crippen molar-refractivity contribution in [2.45, 2.75) is 26.7 Å². The van der Waals surface area contributed by atoms with Gasteiger partial charge in [-0.25, -0.2) is 8.78 Å². The second kappa shape index (κ2) is 9.95. The van der Waals surface area contributed by atoms with Crippen LogP contribution in [0.25, 0.3) is 33.4 Å². The van der Waals surface area contributed by atoms with Crippen molar-refractivity contribution in [2.75, 3.05) is 6.61 Å². The number of hydrogen-bond acceptors (Lipinski definition) is 1. The molecule has 0 aliphatic carbocycles. The molecule has 0 radical (unpaired) electrons. The van der Waals surface area contributed by atoms with E-state index >= 15 is 0 Å². The first-order chi connectivity index (χ1) is 16.0. The SMILES string of the molecule is CCCc1ccc(-c2ccc(-c3ccc(-c4ccc(OCC)c(F)c4F)cc3)c(F)c2)cc1. The zero-order valence-electron chi connectivity index (χ0n) is 18.7. The van der Waals surface area contributed by atoms with Crippen LogP contribution in [-0.2, 0) is 6.42 Å². The highest BCUT2D eigenvalue weighted by molar-refractivity contribution is 5.74. The maximum Gasteiger partial charge on any atom is 0.201 e. The van der Waals surface area contributed by atoms with E-state index < -0.39 is 11.6 Å². The molecule has 0 saturated carbocycles. The van der Waals surface area contributed by atoms with Crippen LogP contribution < -0.4 is 4.74 Å². The lowest BCUT2D eigenvalue weighted by atomic mass is 9.96. The Morgan fingerprint density at radius 1 is 0.606 bits per heavy atom. The van der Waals surface area contributed by atoms with Crippen molar-refractivity contribution in [3.8, 4) is 39.1 Å². The van der Waals surface area contributed by atoms with Crippen LogP contribution in [0, 0.1) is 17.5 Å². The van der Waals surface area contributed by atoms with Crippen molar-refractivity contribution >= 4 is 0 Å². The fourth-order valence-corrected chi connectivity index (χ4v) is 3.93. The van der Waals surface area contributed by atoms with Crippen LogP contribution in [0.15, 0.2) is 78.9 Å². The Bertz CT molecular complexity index is 1250. The summed E-state index contributed by atoms with van der Waals surface area (Å²) in [7, 11) is 0. The van der Waals surface area contributed by atoms with Gasteiger partial charge in [0.05, 0.1) is 6.61 Å². The molecule has 33 heavy (non-hydrogen) atoms. The minimum Gasteiger partial charge on any atom is -0.491 e.